The predicted molar refractivity (Wildman–Crippen MR) is 77.0 cm³/mol. The zero-order valence-electron chi connectivity index (χ0n) is 11.0. The quantitative estimate of drug-likeness (QED) is 0.887. The van der Waals surface area contributed by atoms with Gasteiger partial charge in [0.25, 0.3) is 0 Å². The van der Waals surface area contributed by atoms with Gasteiger partial charge in [0.1, 0.15) is 5.75 Å². The number of hydrogen-bond donors (Lipinski definition) is 1. The van der Waals surface area contributed by atoms with Crippen molar-refractivity contribution in [3.63, 3.8) is 0 Å². The van der Waals surface area contributed by atoms with E-state index < -0.39 is 0 Å². The molecule has 98 valence electrons. The van der Waals surface area contributed by atoms with Gasteiger partial charge in [-0.2, -0.15) is 0 Å². The minimum Gasteiger partial charge on any atom is -0.508 e. The van der Waals surface area contributed by atoms with E-state index >= 15 is 0 Å². The van der Waals surface area contributed by atoms with Crippen LogP contribution in [0, 0.1) is 0 Å². The van der Waals surface area contributed by atoms with Crippen LogP contribution >= 0.6 is 0 Å². The number of phenolic OH excluding ortho intramolecular Hbond substituents is 1. The number of fused-ring (bicyclic) bond motifs is 1. The maximum Gasteiger partial charge on any atom is 0.115 e. The van der Waals surface area contributed by atoms with Gasteiger partial charge in [0, 0.05) is 13.1 Å². The Hall–Kier alpha value is -1.80. The number of aryl methyl sites for hydroxylation is 1. The molecule has 2 aromatic rings. The van der Waals surface area contributed by atoms with Crippen molar-refractivity contribution in [2.45, 2.75) is 25.9 Å². The number of hydrogen-bond acceptors (Lipinski definition) is 2. The van der Waals surface area contributed by atoms with Crippen molar-refractivity contribution in [2.24, 2.45) is 0 Å². The lowest BCUT2D eigenvalue weighted by molar-refractivity contribution is 0.261. The summed E-state index contributed by atoms with van der Waals surface area (Å²) in [7, 11) is 0. The molecule has 0 aliphatic carbocycles. The summed E-state index contributed by atoms with van der Waals surface area (Å²) < 4.78 is 0. The zero-order valence-corrected chi connectivity index (χ0v) is 11.0. The first-order valence-electron chi connectivity index (χ1n) is 6.88. The minimum atomic E-state index is 0.338. The highest BCUT2D eigenvalue weighted by Crippen LogP contribution is 2.20. The van der Waals surface area contributed by atoms with E-state index in [1.807, 2.05) is 12.1 Å². The lowest BCUT2D eigenvalue weighted by Crippen LogP contribution is -2.22. The van der Waals surface area contributed by atoms with Gasteiger partial charge in [-0.25, -0.2) is 0 Å². The van der Waals surface area contributed by atoms with E-state index in [0.29, 0.717) is 5.75 Å². The Balaban J connectivity index is 1.74. The fourth-order valence-electron chi connectivity index (χ4n) is 2.76. The molecule has 2 aromatic carbocycles. The molecule has 19 heavy (non-hydrogen) atoms. The average Bonchev–Trinajstić information content (AvgIpc) is 2.63. The summed E-state index contributed by atoms with van der Waals surface area (Å²) in [5.41, 5.74) is 4.21. The van der Waals surface area contributed by atoms with Crippen molar-refractivity contribution in [3.8, 4) is 5.75 Å². The van der Waals surface area contributed by atoms with Crippen LogP contribution in [0.15, 0.2) is 48.5 Å². The van der Waals surface area contributed by atoms with E-state index in [0.717, 1.165) is 19.6 Å². The van der Waals surface area contributed by atoms with Crippen molar-refractivity contribution in [1.82, 2.24) is 4.90 Å². The van der Waals surface area contributed by atoms with Crippen LogP contribution in [0.4, 0.5) is 0 Å². The molecule has 1 aliphatic rings. The van der Waals surface area contributed by atoms with Gasteiger partial charge in [0.05, 0.1) is 0 Å². The number of benzene rings is 2. The summed E-state index contributed by atoms with van der Waals surface area (Å²) in [4.78, 5) is 2.48. The second kappa shape index (κ2) is 5.45. The fourth-order valence-corrected chi connectivity index (χ4v) is 2.76. The SMILES string of the molecule is Oc1ccc(CN2CCCc3ccccc3C2)cc1. The summed E-state index contributed by atoms with van der Waals surface area (Å²) in [6.07, 6.45) is 2.40. The molecular formula is C17H19NO. The Morgan fingerprint density at radius 1 is 0.947 bits per heavy atom. The topological polar surface area (TPSA) is 23.5 Å². The van der Waals surface area contributed by atoms with E-state index in [1.54, 1.807) is 12.1 Å². The van der Waals surface area contributed by atoms with Crippen LogP contribution in [0.3, 0.4) is 0 Å². The lowest BCUT2D eigenvalue weighted by Gasteiger charge is -2.20. The standard InChI is InChI=1S/C17H19NO/c19-17-9-7-14(8-10-17)12-18-11-3-6-15-4-1-2-5-16(15)13-18/h1-2,4-5,7-10,19H,3,6,11-13H2. The van der Waals surface area contributed by atoms with Crippen LogP contribution in [-0.2, 0) is 19.5 Å². The monoisotopic (exact) mass is 253 g/mol. The van der Waals surface area contributed by atoms with Crippen LogP contribution in [0.1, 0.15) is 23.1 Å². The molecule has 2 heteroatoms. The Morgan fingerprint density at radius 2 is 1.68 bits per heavy atom. The van der Waals surface area contributed by atoms with E-state index in [4.69, 9.17) is 0 Å². The van der Waals surface area contributed by atoms with E-state index in [1.165, 1.54) is 29.5 Å². The van der Waals surface area contributed by atoms with Gasteiger partial charge >= 0.3 is 0 Å². The summed E-state index contributed by atoms with van der Waals surface area (Å²) in [6.45, 7) is 3.11. The van der Waals surface area contributed by atoms with Crippen molar-refractivity contribution in [3.05, 3.63) is 65.2 Å². The van der Waals surface area contributed by atoms with Crippen molar-refractivity contribution in [2.75, 3.05) is 6.54 Å². The third-order valence-electron chi connectivity index (χ3n) is 3.78. The molecule has 2 nitrogen and oxygen atoms in total. The highest BCUT2D eigenvalue weighted by atomic mass is 16.3. The Labute approximate surface area is 114 Å². The van der Waals surface area contributed by atoms with Crippen LogP contribution in [0.2, 0.25) is 0 Å². The van der Waals surface area contributed by atoms with Crippen LogP contribution in [0.25, 0.3) is 0 Å². The van der Waals surface area contributed by atoms with Gasteiger partial charge in [-0.1, -0.05) is 36.4 Å². The van der Waals surface area contributed by atoms with Crippen LogP contribution in [0.5, 0.6) is 5.75 Å². The van der Waals surface area contributed by atoms with E-state index in [-0.39, 0.29) is 0 Å². The highest BCUT2D eigenvalue weighted by Gasteiger charge is 2.13. The molecule has 0 fully saturated rings. The van der Waals surface area contributed by atoms with E-state index in [2.05, 4.69) is 29.2 Å². The number of phenols is 1. The fraction of sp³-hybridized carbons (Fsp3) is 0.294. The van der Waals surface area contributed by atoms with Gasteiger partial charge in [-0.3, -0.25) is 4.90 Å². The first-order valence-corrected chi connectivity index (χ1v) is 6.88. The summed E-state index contributed by atoms with van der Waals surface area (Å²) >= 11 is 0. The molecule has 0 atom stereocenters. The van der Waals surface area contributed by atoms with Gasteiger partial charge in [0.15, 0.2) is 0 Å². The molecule has 0 saturated heterocycles. The zero-order chi connectivity index (χ0) is 13.1. The number of nitrogens with zero attached hydrogens (tertiary/aromatic N) is 1. The predicted octanol–water partition coefficient (Wildman–Crippen LogP) is 3.34. The molecule has 0 spiro atoms. The maximum atomic E-state index is 9.32. The molecule has 0 aromatic heterocycles. The summed E-state index contributed by atoms with van der Waals surface area (Å²) in [5.74, 6) is 0.338. The molecule has 3 rings (SSSR count). The smallest absolute Gasteiger partial charge is 0.115 e. The Morgan fingerprint density at radius 3 is 2.47 bits per heavy atom. The summed E-state index contributed by atoms with van der Waals surface area (Å²) in [6, 6.07) is 16.3. The van der Waals surface area contributed by atoms with Crippen LogP contribution < -0.4 is 0 Å². The summed E-state index contributed by atoms with van der Waals surface area (Å²) in [5, 5.41) is 9.32. The molecule has 1 N–H and O–H groups in total. The van der Waals surface area contributed by atoms with Crippen molar-refractivity contribution >= 4 is 0 Å². The van der Waals surface area contributed by atoms with Crippen molar-refractivity contribution < 1.29 is 5.11 Å². The largest absolute Gasteiger partial charge is 0.508 e. The van der Waals surface area contributed by atoms with Crippen LogP contribution in [-0.4, -0.2) is 16.6 Å². The molecule has 0 radical (unpaired) electrons. The Kier molecular flexibility index (Phi) is 3.51. The molecule has 1 heterocycles. The molecule has 1 aliphatic heterocycles. The first-order chi connectivity index (χ1) is 9.31. The van der Waals surface area contributed by atoms with Gasteiger partial charge in [-0.15, -0.1) is 0 Å². The normalized spacial score (nSPS) is 15.8. The van der Waals surface area contributed by atoms with Gasteiger partial charge in [0.2, 0.25) is 0 Å². The minimum absolute atomic E-state index is 0.338. The third-order valence-corrected chi connectivity index (χ3v) is 3.78. The highest BCUT2D eigenvalue weighted by molar-refractivity contribution is 5.29. The van der Waals surface area contributed by atoms with Gasteiger partial charge < -0.3 is 5.11 Å². The average molecular weight is 253 g/mol. The maximum absolute atomic E-state index is 9.32. The Bertz CT molecular complexity index is 547. The molecule has 0 saturated carbocycles. The second-order valence-corrected chi connectivity index (χ2v) is 5.25. The molecule has 0 unspecified atom stereocenters. The first kappa shape index (κ1) is 12.2. The van der Waals surface area contributed by atoms with Crippen molar-refractivity contribution in [1.29, 1.82) is 0 Å². The second-order valence-electron chi connectivity index (χ2n) is 5.25. The number of rotatable bonds is 2. The molecule has 0 bridgehead atoms. The lowest BCUT2D eigenvalue weighted by atomic mass is 10.0. The van der Waals surface area contributed by atoms with Gasteiger partial charge in [-0.05, 0) is 48.2 Å². The van der Waals surface area contributed by atoms with E-state index in [9.17, 15) is 5.11 Å². The number of aromatic hydroxyl groups is 1. The molecular weight excluding hydrogens is 234 g/mol. The third kappa shape index (κ3) is 2.96. The molecule has 0 amide bonds.